The van der Waals surface area contributed by atoms with Crippen LogP contribution in [-0.2, 0) is 9.59 Å². The molecule has 9 nitrogen and oxygen atoms in total. The number of para-hydroxylation sites is 1. The van der Waals surface area contributed by atoms with E-state index in [2.05, 4.69) is 21.6 Å². The Morgan fingerprint density at radius 3 is 2.76 bits per heavy atom. The number of benzene rings is 1. The molecule has 1 aliphatic heterocycles. The largest absolute Gasteiger partial charge is 0.468 e. The number of amides is 1. The third kappa shape index (κ3) is 4.90. The number of carbonyl (C=O) groups excluding carboxylic acids is 2. The van der Waals surface area contributed by atoms with Gasteiger partial charge >= 0.3 is 0 Å². The van der Waals surface area contributed by atoms with Crippen molar-refractivity contribution >= 4 is 45.6 Å². The van der Waals surface area contributed by atoms with Gasteiger partial charge in [-0.1, -0.05) is 55.1 Å². The Hall–Kier alpha value is -3.88. The van der Waals surface area contributed by atoms with Crippen LogP contribution in [0, 0.1) is 16.7 Å². The fourth-order valence-corrected chi connectivity index (χ4v) is 6.35. The molecule has 2 aliphatic rings. The minimum atomic E-state index is -0.668. The summed E-state index contributed by atoms with van der Waals surface area (Å²) >= 11 is 2.51. The maximum absolute atomic E-state index is 13.4. The van der Waals surface area contributed by atoms with Crippen LogP contribution in [0.15, 0.2) is 80.1 Å². The lowest BCUT2D eigenvalue weighted by Gasteiger charge is -2.42. The maximum Gasteiger partial charge on any atom is 0.234 e. The van der Waals surface area contributed by atoms with Crippen molar-refractivity contribution in [2.24, 2.45) is 11.1 Å². The number of thioether (sulfide) groups is 1. The summed E-state index contributed by atoms with van der Waals surface area (Å²) in [5.41, 5.74) is 8.44. The highest BCUT2D eigenvalue weighted by molar-refractivity contribution is 8.01. The molecule has 1 aromatic carbocycles. The van der Waals surface area contributed by atoms with Gasteiger partial charge in [-0.2, -0.15) is 5.26 Å². The quantitative estimate of drug-likeness (QED) is 0.429. The molecule has 1 amide bonds. The van der Waals surface area contributed by atoms with Gasteiger partial charge in [0.1, 0.15) is 11.6 Å². The summed E-state index contributed by atoms with van der Waals surface area (Å²) in [6.45, 7) is 4.06. The molecule has 5 rings (SSSR count). The van der Waals surface area contributed by atoms with Gasteiger partial charge in [0.2, 0.25) is 11.0 Å². The summed E-state index contributed by atoms with van der Waals surface area (Å²) in [4.78, 5) is 27.5. The number of carbonyl (C=O) groups is 2. The molecule has 1 unspecified atom stereocenters. The van der Waals surface area contributed by atoms with Gasteiger partial charge in [0, 0.05) is 23.4 Å². The molecule has 37 heavy (non-hydrogen) atoms. The Labute approximate surface area is 222 Å². The molecule has 188 valence electrons. The van der Waals surface area contributed by atoms with E-state index in [1.54, 1.807) is 17.0 Å². The fourth-order valence-electron chi connectivity index (χ4n) is 4.66. The maximum atomic E-state index is 13.4. The lowest BCUT2D eigenvalue weighted by Crippen LogP contribution is -2.42. The van der Waals surface area contributed by atoms with Crippen molar-refractivity contribution < 1.29 is 14.0 Å². The Morgan fingerprint density at radius 1 is 1.27 bits per heavy atom. The Kier molecular flexibility index (Phi) is 6.62. The predicted octanol–water partition coefficient (Wildman–Crippen LogP) is 4.80. The first-order valence-corrected chi connectivity index (χ1v) is 13.4. The van der Waals surface area contributed by atoms with Crippen LogP contribution in [0.25, 0.3) is 0 Å². The lowest BCUT2D eigenvalue weighted by atomic mass is 9.69. The van der Waals surface area contributed by atoms with E-state index in [0.717, 1.165) is 5.69 Å². The molecule has 3 N–H and O–H groups in total. The molecule has 0 saturated carbocycles. The standard InChI is InChI=1S/C26H24N6O3S2/c1-26(2)11-17-22(18(33)12-26)21(19-9-6-10-35-19)16(13-27)23(28)32(17)24-30-31-25(37-24)36-14-20(34)29-15-7-4-3-5-8-15/h3-10,21H,11-12,14,28H2,1-2H3,(H,29,34). The van der Waals surface area contributed by atoms with Crippen molar-refractivity contribution in [3.8, 4) is 6.07 Å². The second-order valence-electron chi connectivity index (χ2n) is 9.55. The Morgan fingerprint density at radius 2 is 2.05 bits per heavy atom. The zero-order valence-electron chi connectivity index (χ0n) is 20.2. The molecule has 11 heteroatoms. The van der Waals surface area contributed by atoms with Crippen molar-refractivity contribution in [3.05, 3.63) is 77.2 Å². The van der Waals surface area contributed by atoms with Crippen LogP contribution in [0.2, 0.25) is 0 Å². The van der Waals surface area contributed by atoms with Gasteiger partial charge in [-0.05, 0) is 36.1 Å². The van der Waals surface area contributed by atoms with Gasteiger partial charge in [0.05, 0.1) is 29.6 Å². The van der Waals surface area contributed by atoms with E-state index >= 15 is 0 Å². The lowest BCUT2D eigenvalue weighted by molar-refractivity contribution is -0.118. The number of allylic oxidation sites excluding steroid dienone is 3. The molecule has 0 bridgehead atoms. The minimum absolute atomic E-state index is 0.0467. The van der Waals surface area contributed by atoms with Crippen LogP contribution in [0.3, 0.4) is 0 Å². The minimum Gasteiger partial charge on any atom is -0.468 e. The molecule has 0 spiro atoms. The van der Waals surface area contributed by atoms with Crippen molar-refractivity contribution in [1.29, 1.82) is 5.26 Å². The topological polar surface area (TPSA) is 138 Å². The van der Waals surface area contributed by atoms with Gasteiger partial charge in [-0.25, -0.2) is 0 Å². The number of nitriles is 1. The molecule has 2 aromatic heterocycles. The molecular weight excluding hydrogens is 508 g/mol. The molecular formula is C26H24N6O3S2. The van der Waals surface area contributed by atoms with Crippen LogP contribution in [0.5, 0.6) is 0 Å². The fraction of sp³-hybridized carbons (Fsp3) is 0.269. The summed E-state index contributed by atoms with van der Waals surface area (Å²) in [6.07, 6.45) is 2.43. The third-order valence-electron chi connectivity index (χ3n) is 6.18. The van der Waals surface area contributed by atoms with E-state index < -0.39 is 5.92 Å². The predicted molar refractivity (Wildman–Crippen MR) is 142 cm³/mol. The van der Waals surface area contributed by atoms with E-state index in [1.807, 2.05) is 44.2 Å². The number of hydrogen-bond acceptors (Lipinski definition) is 10. The molecule has 1 aliphatic carbocycles. The monoisotopic (exact) mass is 532 g/mol. The van der Waals surface area contributed by atoms with Gasteiger partial charge in [0.15, 0.2) is 10.1 Å². The van der Waals surface area contributed by atoms with Crippen molar-refractivity contribution in [2.45, 2.75) is 36.9 Å². The van der Waals surface area contributed by atoms with Gasteiger partial charge in [0.25, 0.3) is 0 Å². The SMILES string of the molecule is CC1(C)CC(=O)C2=C(C1)N(c1nnc(SCC(=O)Nc3ccccc3)s1)C(N)=C(C#N)C2c1ccco1. The number of Topliss-reactive ketones (excluding diaryl/α,β-unsaturated/α-hetero) is 1. The van der Waals surface area contributed by atoms with E-state index in [1.165, 1.54) is 29.4 Å². The number of ketones is 1. The first-order valence-electron chi connectivity index (χ1n) is 11.6. The van der Waals surface area contributed by atoms with Crippen molar-refractivity contribution in [3.63, 3.8) is 0 Å². The summed E-state index contributed by atoms with van der Waals surface area (Å²) in [5.74, 6) is -0.0329. The molecule has 0 fully saturated rings. The van der Waals surface area contributed by atoms with E-state index in [-0.39, 0.29) is 34.3 Å². The third-order valence-corrected chi connectivity index (χ3v) is 8.22. The number of furan rings is 1. The summed E-state index contributed by atoms with van der Waals surface area (Å²) < 4.78 is 6.20. The number of nitrogens with two attached hydrogens (primary N) is 1. The molecule has 0 radical (unpaired) electrons. The number of hydrogen-bond donors (Lipinski definition) is 2. The Bertz CT molecular complexity index is 1450. The summed E-state index contributed by atoms with van der Waals surface area (Å²) in [7, 11) is 0. The highest BCUT2D eigenvalue weighted by Crippen LogP contribution is 2.50. The van der Waals surface area contributed by atoms with E-state index in [4.69, 9.17) is 10.2 Å². The molecule has 1 atom stereocenters. The van der Waals surface area contributed by atoms with Gasteiger partial charge in [-0.15, -0.1) is 10.2 Å². The number of rotatable bonds is 6. The molecule has 3 aromatic rings. The second kappa shape index (κ2) is 9.88. The normalized spacial score (nSPS) is 19.0. The van der Waals surface area contributed by atoms with Gasteiger partial charge in [-0.3, -0.25) is 14.5 Å². The average molecular weight is 533 g/mol. The number of nitrogens with zero attached hydrogens (tertiary/aromatic N) is 4. The number of nitrogens with one attached hydrogen (secondary N) is 1. The van der Waals surface area contributed by atoms with Crippen LogP contribution < -0.4 is 16.0 Å². The first kappa shape index (κ1) is 24.8. The molecule has 0 saturated heterocycles. The highest BCUT2D eigenvalue weighted by atomic mass is 32.2. The van der Waals surface area contributed by atoms with Crippen molar-refractivity contribution in [1.82, 2.24) is 10.2 Å². The zero-order chi connectivity index (χ0) is 26.2. The number of aromatic nitrogens is 2. The van der Waals surface area contributed by atoms with E-state index in [0.29, 0.717) is 39.3 Å². The van der Waals surface area contributed by atoms with E-state index in [9.17, 15) is 14.9 Å². The van der Waals surface area contributed by atoms with Crippen molar-refractivity contribution in [2.75, 3.05) is 16.0 Å². The Balaban J connectivity index is 1.46. The second-order valence-corrected chi connectivity index (χ2v) is 11.7. The zero-order valence-corrected chi connectivity index (χ0v) is 21.9. The first-order chi connectivity index (χ1) is 17.8. The van der Waals surface area contributed by atoms with Crippen LogP contribution in [0.4, 0.5) is 10.8 Å². The van der Waals surface area contributed by atoms with Gasteiger partial charge < -0.3 is 15.5 Å². The smallest absolute Gasteiger partial charge is 0.234 e. The van der Waals surface area contributed by atoms with Crippen LogP contribution in [-0.4, -0.2) is 27.6 Å². The molecule has 3 heterocycles. The summed E-state index contributed by atoms with van der Waals surface area (Å²) in [5, 5.41) is 21.9. The average Bonchev–Trinajstić information content (AvgIpc) is 3.54. The van der Waals surface area contributed by atoms with Crippen LogP contribution >= 0.6 is 23.1 Å². The van der Waals surface area contributed by atoms with Crippen LogP contribution in [0.1, 0.15) is 38.4 Å². The number of anilines is 2. The summed E-state index contributed by atoms with van der Waals surface area (Å²) in [6, 6.07) is 14.9. The highest BCUT2D eigenvalue weighted by Gasteiger charge is 2.46.